The minimum absolute atomic E-state index is 0.0629. The summed E-state index contributed by atoms with van der Waals surface area (Å²) in [5, 5.41) is 0. The highest BCUT2D eigenvalue weighted by Gasteiger charge is 2.29. The summed E-state index contributed by atoms with van der Waals surface area (Å²) in [6.45, 7) is 6.40. The number of likely N-dealkylation sites (tertiary alicyclic amines) is 1. The summed E-state index contributed by atoms with van der Waals surface area (Å²) in [4.78, 5) is 23.3. The average Bonchev–Trinajstić information content (AvgIpc) is 2.89. The second-order valence-electron chi connectivity index (χ2n) is 4.65. The molecule has 19 heavy (non-hydrogen) atoms. The molecule has 1 aliphatic heterocycles. The van der Waals surface area contributed by atoms with Gasteiger partial charge in [-0.25, -0.2) is 14.4 Å². The van der Waals surface area contributed by atoms with Gasteiger partial charge in [0.25, 0.3) is 0 Å². The number of aryl methyl sites for hydroxylation is 1. The molecule has 0 radical (unpaired) electrons. The van der Waals surface area contributed by atoms with Gasteiger partial charge in [-0.2, -0.15) is 0 Å². The van der Waals surface area contributed by atoms with Gasteiger partial charge in [-0.1, -0.05) is 6.58 Å². The maximum atomic E-state index is 13.1. The molecule has 0 bridgehead atoms. The topological polar surface area (TPSA) is 49.3 Å². The molecule has 1 aromatic heterocycles. The third-order valence-corrected chi connectivity index (χ3v) is 3.42. The Hall–Kier alpha value is -1.98. The molecule has 1 aromatic rings. The SMILES string of the molecule is C=CC(=O)N1CC[C@@H](N(C)c2ncc(F)c(C)n2)C1. The molecule has 0 saturated carbocycles. The highest BCUT2D eigenvalue weighted by Crippen LogP contribution is 2.19. The molecule has 0 N–H and O–H groups in total. The first-order valence-electron chi connectivity index (χ1n) is 6.16. The second kappa shape index (κ2) is 5.34. The lowest BCUT2D eigenvalue weighted by Crippen LogP contribution is -2.37. The van der Waals surface area contributed by atoms with Gasteiger partial charge < -0.3 is 9.80 Å². The van der Waals surface area contributed by atoms with E-state index in [1.54, 1.807) is 11.8 Å². The fourth-order valence-electron chi connectivity index (χ4n) is 2.16. The van der Waals surface area contributed by atoms with Crippen molar-refractivity contribution in [2.24, 2.45) is 0 Å². The predicted octanol–water partition coefficient (Wildman–Crippen LogP) is 1.15. The normalized spacial score (nSPS) is 18.5. The molecule has 0 unspecified atom stereocenters. The first-order valence-corrected chi connectivity index (χ1v) is 6.16. The molecule has 5 nitrogen and oxygen atoms in total. The van der Waals surface area contributed by atoms with Crippen molar-refractivity contribution in [1.29, 1.82) is 0 Å². The van der Waals surface area contributed by atoms with E-state index in [1.807, 2.05) is 11.9 Å². The van der Waals surface area contributed by atoms with Gasteiger partial charge in [-0.3, -0.25) is 4.79 Å². The van der Waals surface area contributed by atoms with Crippen molar-refractivity contribution >= 4 is 11.9 Å². The lowest BCUT2D eigenvalue weighted by molar-refractivity contribution is -0.125. The van der Waals surface area contributed by atoms with Crippen molar-refractivity contribution in [3.8, 4) is 0 Å². The van der Waals surface area contributed by atoms with Crippen LogP contribution in [0.3, 0.4) is 0 Å². The van der Waals surface area contributed by atoms with Gasteiger partial charge in [0.05, 0.1) is 17.9 Å². The molecule has 1 atom stereocenters. The Morgan fingerprint density at radius 1 is 1.68 bits per heavy atom. The lowest BCUT2D eigenvalue weighted by atomic mass is 10.2. The zero-order chi connectivity index (χ0) is 14.0. The fourth-order valence-corrected chi connectivity index (χ4v) is 2.16. The Morgan fingerprint density at radius 2 is 2.42 bits per heavy atom. The van der Waals surface area contributed by atoms with Crippen LogP contribution in [0.5, 0.6) is 0 Å². The molecular weight excluding hydrogens is 247 g/mol. The van der Waals surface area contributed by atoms with Crippen molar-refractivity contribution in [3.63, 3.8) is 0 Å². The Bertz CT molecular complexity index is 505. The van der Waals surface area contributed by atoms with Gasteiger partial charge in [-0.05, 0) is 19.4 Å². The van der Waals surface area contributed by atoms with Crippen LogP contribution in [0.25, 0.3) is 0 Å². The molecule has 2 heterocycles. The second-order valence-corrected chi connectivity index (χ2v) is 4.65. The van der Waals surface area contributed by atoms with E-state index in [0.29, 0.717) is 24.7 Å². The Labute approximate surface area is 111 Å². The Kier molecular flexibility index (Phi) is 3.78. The molecule has 102 valence electrons. The van der Waals surface area contributed by atoms with Gasteiger partial charge >= 0.3 is 0 Å². The van der Waals surface area contributed by atoms with E-state index in [9.17, 15) is 9.18 Å². The number of carbonyl (C=O) groups is 1. The molecule has 1 fully saturated rings. The Morgan fingerprint density at radius 3 is 3.05 bits per heavy atom. The summed E-state index contributed by atoms with van der Waals surface area (Å²) in [7, 11) is 1.86. The average molecular weight is 264 g/mol. The maximum Gasteiger partial charge on any atom is 0.246 e. The van der Waals surface area contributed by atoms with Crippen LogP contribution in [0, 0.1) is 12.7 Å². The van der Waals surface area contributed by atoms with E-state index in [1.165, 1.54) is 12.3 Å². The highest BCUT2D eigenvalue weighted by molar-refractivity contribution is 5.87. The first-order chi connectivity index (χ1) is 9.02. The van der Waals surface area contributed by atoms with Crippen LogP contribution in [-0.4, -0.2) is 47.0 Å². The summed E-state index contributed by atoms with van der Waals surface area (Å²) in [5.41, 5.74) is 0.328. The number of aromatic nitrogens is 2. The van der Waals surface area contributed by atoms with Crippen molar-refractivity contribution in [2.45, 2.75) is 19.4 Å². The van der Waals surface area contributed by atoms with Crippen LogP contribution in [0.2, 0.25) is 0 Å². The van der Waals surface area contributed by atoms with E-state index in [-0.39, 0.29) is 11.9 Å². The van der Waals surface area contributed by atoms with Crippen LogP contribution >= 0.6 is 0 Å². The summed E-state index contributed by atoms with van der Waals surface area (Å²) in [6, 6.07) is 0.147. The molecule has 1 amide bonds. The van der Waals surface area contributed by atoms with Gasteiger partial charge in [0.2, 0.25) is 11.9 Å². The van der Waals surface area contributed by atoms with E-state index in [2.05, 4.69) is 16.5 Å². The van der Waals surface area contributed by atoms with Crippen LogP contribution in [0.15, 0.2) is 18.9 Å². The smallest absolute Gasteiger partial charge is 0.246 e. The molecule has 6 heteroatoms. The van der Waals surface area contributed by atoms with Crippen molar-refractivity contribution in [2.75, 3.05) is 25.0 Å². The molecule has 0 aromatic carbocycles. The van der Waals surface area contributed by atoms with Crippen LogP contribution in [0.1, 0.15) is 12.1 Å². The summed E-state index contributed by atoms with van der Waals surface area (Å²) < 4.78 is 13.1. The van der Waals surface area contributed by atoms with E-state index in [4.69, 9.17) is 0 Å². The number of carbonyl (C=O) groups excluding carboxylic acids is 1. The summed E-state index contributed by atoms with van der Waals surface area (Å²) in [6.07, 6.45) is 3.34. The maximum absolute atomic E-state index is 13.1. The quantitative estimate of drug-likeness (QED) is 0.768. The number of halogens is 1. The third kappa shape index (κ3) is 2.72. The fraction of sp³-hybridized carbons (Fsp3) is 0.462. The van der Waals surface area contributed by atoms with Gasteiger partial charge in [0.1, 0.15) is 0 Å². The minimum Gasteiger partial charge on any atom is -0.339 e. The molecule has 0 spiro atoms. The van der Waals surface area contributed by atoms with Crippen molar-refractivity contribution in [1.82, 2.24) is 14.9 Å². The van der Waals surface area contributed by atoms with Crippen LogP contribution < -0.4 is 4.90 Å². The van der Waals surface area contributed by atoms with Gasteiger partial charge in [0, 0.05) is 20.1 Å². The zero-order valence-electron chi connectivity index (χ0n) is 11.1. The number of anilines is 1. The number of hydrogen-bond acceptors (Lipinski definition) is 4. The predicted molar refractivity (Wildman–Crippen MR) is 70.3 cm³/mol. The highest BCUT2D eigenvalue weighted by atomic mass is 19.1. The number of nitrogens with zero attached hydrogens (tertiary/aromatic N) is 4. The molecule has 1 aliphatic rings. The van der Waals surface area contributed by atoms with E-state index >= 15 is 0 Å². The largest absolute Gasteiger partial charge is 0.339 e. The van der Waals surface area contributed by atoms with E-state index < -0.39 is 5.82 Å². The van der Waals surface area contributed by atoms with Crippen molar-refractivity contribution in [3.05, 3.63) is 30.4 Å². The standard InChI is InChI=1S/C13H17FN4O/c1-4-12(19)18-6-5-10(8-18)17(3)13-15-7-11(14)9(2)16-13/h4,7,10H,1,5-6,8H2,2-3H3/t10-/m1/s1. The van der Waals surface area contributed by atoms with Gasteiger partial charge in [0.15, 0.2) is 5.82 Å². The minimum atomic E-state index is -0.410. The van der Waals surface area contributed by atoms with Gasteiger partial charge in [-0.15, -0.1) is 0 Å². The summed E-state index contributed by atoms with van der Waals surface area (Å²) >= 11 is 0. The Balaban J connectivity index is 2.08. The molecule has 0 aliphatic carbocycles. The lowest BCUT2D eigenvalue weighted by Gasteiger charge is -2.24. The number of amides is 1. The molecule has 2 rings (SSSR count). The van der Waals surface area contributed by atoms with E-state index in [0.717, 1.165) is 6.42 Å². The number of rotatable bonds is 3. The number of hydrogen-bond donors (Lipinski definition) is 0. The summed E-state index contributed by atoms with van der Waals surface area (Å²) in [5.74, 6) is 0.0101. The zero-order valence-corrected chi connectivity index (χ0v) is 11.1. The van der Waals surface area contributed by atoms with Crippen LogP contribution in [-0.2, 0) is 4.79 Å². The van der Waals surface area contributed by atoms with Crippen molar-refractivity contribution < 1.29 is 9.18 Å². The third-order valence-electron chi connectivity index (χ3n) is 3.42. The molecule has 1 saturated heterocycles. The number of likely N-dealkylation sites (N-methyl/N-ethyl adjacent to an activating group) is 1. The van der Waals surface area contributed by atoms with Crippen LogP contribution in [0.4, 0.5) is 10.3 Å². The molecular formula is C13H17FN4O. The monoisotopic (exact) mass is 264 g/mol. The first kappa shape index (κ1) is 13.5.